The Labute approximate surface area is 123 Å². The number of rotatable bonds is 5. The van der Waals surface area contributed by atoms with E-state index in [1.54, 1.807) is 19.1 Å². The predicted octanol–water partition coefficient (Wildman–Crippen LogP) is 3.31. The van der Waals surface area contributed by atoms with Crippen LogP contribution in [-0.4, -0.2) is 17.6 Å². The topological polar surface area (TPSA) is 49.3 Å². The Morgan fingerprint density at radius 3 is 2.81 bits per heavy atom. The van der Waals surface area contributed by atoms with Crippen LogP contribution in [0.25, 0.3) is 0 Å². The molecule has 1 amide bonds. The summed E-state index contributed by atoms with van der Waals surface area (Å²) in [6, 6.07) is 11.6. The van der Waals surface area contributed by atoms with Crippen molar-refractivity contribution in [3.05, 3.63) is 65.0 Å². The third-order valence-corrected chi connectivity index (χ3v) is 3.25. The number of halogens is 1. The number of carbonyl (C=O) groups excluding carboxylic acids is 1. The molecule has 4 heteroatoms. The quantitative estimate of drug-likeness (QED) is 0.886. The Balaban J connectivity index is 2.14. The molecule has 0 spiro atoms. The fraction of sp³-hybridized carbons (Fsp3) is 0.235. The number of hydrogen-bond donors (Lipinski definition) is 2. The van der Waals surface area contributed by atoms with Crippen LogP contribution < -0.4 is 5.32 Å². The number of aryl methyl sites for hydroxylation is 2. The minimum Gasteiger partial charge on any atom is -0.396 e. The standard InChI is InChI=1S/C17H18FNO2/c1-12-7-8-14(18)11-16(12)17(21)19-15-6-2-4-13(10-15)5-3-9-20/h2,4,6-8,10-11,20H,3,5,9H2,1H3,(H,19,21). The van der Waals surface area contributed by atoms with Crippen molar-refractivity contribution in [2.75, 3.05) is 11.9 Å². The van der Waals surface area contributed by atoms with E-state index < -0.39 is 5.82 Å². The zero-order valence-corrected chi connectivity index (χ0v) is 11.9. The van der Waals surface area contributed by atoms with Crippen LogP contribution in [0.4, 0.5) is 10.1 Å². The molecule has 0 unspecified atom stereocenters. The monoisotopic (exact) mass is 287 g/mol. The van der Waals surface area contributed by atoms with E-state index >= 15 is 0 Å². The third-order valence-electron chi connectivity index (χ3n) is 3.25. The lowest BCUT2D eigenvalue weighted by atomic mass is 10.1. The number of benzene rings is 2. The van der Waals surface area contributed by atoms with Crippen LogP contribution in [0, 0.1) is 12.7 Å². The highest BCUT2D eigenvalue weighted by atomic mass is 19.1. The van der Waals surface area contributed by atoms with Crippen molar-refractivity contribution in [2.24, 2.45) is 0 Å². The van der Waals surface area contributed by atoms with Crippen molar-refractivity contribution in [2.45, 2.75) is 19.8 Å². The van der Waals surface area contributed by atoms with Gasteiger partial charge in [-0.05, 0) is 55.2 Å². The summed E-state index contributed by atoms with van der Waals surface area (Å²) in [6.45, 7) is 1.91. The van der Waals surface area contributed by atoms with Crippen LogP contribution >= 0.6 is 0 Å². The molecular weight excluding hydrogens is 269 g/mol. The Morgan fingerprint density at radius 2 is 2.05 bits per heavy atom. The zero-order valence-electron chi connectivity index (χ0n) is 11.9. The van der Waals surface area contributed by atoms with Gasteiger partial charge in [0.2, 0.25) is 0 Å². The first kappa shape index (κ1) is 15.2. The van der Waals surface area contributed by atoms with Crippen molar-refractivity contribution in [3.8, 4) is 0 Å². The fourth-order valence-corrected chi connectivity index (χ4v) is 2.13. The summed E-state index contributed by atoms with van der Waals surface area (Å²) in [5.41, 5.74) is 2.76. The van der Waals surface area contributed by atoms with Crippen LogP contribution in [-0.2, 0) is 6.42 Å². The summed E-state index contributed by atoms with van der Waals surface area (Å²) in [7, 11) is 0. The van der Waals surface area contributed by atoms with Gasteiger partial charge in [-0.3, -0.25) is 4.79 Å². The lowest BCUT2D eigenvalue weighted by Gasteiger charge is -2.09. The summed E-state index contributed by atoms with van der Waals surface area (Å²) in [5.74, 6) is -0.756. The van der Waals surface area contributed by atoms with Crippen molar-refractivity contribution in [1.29, 1.82) is 0 Å². The molecule has 0 heterocycles. The lowest BCUT2D eigenvalue weighted by Crippen LogP contribution is -2.13. The first-order valence-corrected chi connectivity index (χ1v) is 6.87. The van der Waals surface area contributed by atoms with E-state index in [1.807, 2.05) is 18.2 Å². The number of carbonyl (C=O) groups is 1. The van der Waals surface area contributed by atoms with E-state index in [0.717, 1.165) is 17.5 Å². The van der Waals surface area contributed by atoms with Gasteiger partial charge in [0.15, 0.2) is 0 Å². The van der Waals surface area contributed by atoms with Crippen LogP contribution in [0.2, 0.25) is 0 Å². The van der Waals surface area contributed by atoms with Crippen molar-refractivity contribution < 1.29 is 14.3 Å². The maximum absolute atomic E-state index is 13.2. The maximum Gasteiger partial charge on any atom is 0.256 e. The second-order valence-corrected chi connectivity index (χ2v) is 4.94. The number of aliphatic hydroxyl groups excluding tert-OH is 1. The van der Waals surface area contributed by atoms with E-state index in [-0.39, 0.29) is 12.5 Å². The zero-order chi connectivity index (χ0) is 15.2. The molecule has 110 valence electrons. The van der Waals surface area contributed by atoms with Gasteiger partial charge in [0.1, 0.15) is 5.82 Å². The van der Waals surface area contributed by atoms with Crippen LogP contribution in [0.1, 0.15) is 27.9 Å². The van der Waals surface area contributed by atoms with Gasteiger partial charge in [-0.25, -0.2) is 4.39 Å². The van der Waals surface area contributed by atoms with Crippen LogP contribution in [0.5, 0.6) is 0 Å². The molecule has 0 bridgehead atoms. The Bertz CT molecular complexity index is 640. The molecular formula is C17H18FNO2. The Morgan fingerprint density at radius 1 is 1.24 bits per heavy atom. The number of aliphatic hydroxyl groups is 1. The Kier molecular flexibility index (Phi) is 5.06. The molecule has 21 heavy (non-hydrogen) atoms. The summed E-state index contributed by atoms with van der Waals surface area (Å²) in [6.07, 6.45) is 1.43. The maximum atomic E-state index is 13.2. The number of anilines is 1. The molecule has 0 fully saturated rings. The molecule has 0 aliphatic carbocycles. The number of hydrogen-bond acceptors (Lipinski definition) is 2. The van der Waals surface area contributed by atoms with E-state index in [1.165, 1.54) is 12.1 Å². The first-order valence-electron chi connectivity index (χ1n) is 6.87. The molecule has 0 saturated heterocycles. The van der Waals surface area contributed by atoms with E-state index in [4.69, 9.17) is 5.11 Å². The van der Waals surface area contributed by atoms with Gasteiger partial charge in [-0.1, -0.05) is 18.2 Å². The second kappa shape index (κ2) is 6.99. The van der Waals surface area contributed by atoms with E-state index in [2.05, 4.69) is 5.32 Å². The molecule has 2 aromatic rings. The van der Waals surface area contributed by atoms with Gasteiger partial charge >= 0.3 is 0 Å². The Hall–Kier alpha value is -2.20. The smallest absolute Gasteiger partial charge is 0.256 e. The summed E-state index contributed by atoms with van der Waals surface area (Å²) >= 11 is 0. The highest BCUT2D eigenvalue weighted by molar-refractivity contribution is 6.05. The largest absolute Gasteiger partial charge is 0.396 e. The molecule has 3 nitrogen and oxygen atoms in total. The highest BCUT2D eigenvalue weighted by Crippen LogP contribution is 2.16. The molecule has 2 rings (SSSR count). The summed E-state index contributed by atoms with van der Waals surface area (Å²) in [5, 5.41) is 11.6. The number of amides is 1. The van der Waals surface area contributed by atoms with Gasteiger partial charge in [-0.15, -0.1) is 0 Å². The average Bonchev–Trinajstić information content (AvgIpc) is 2.48. The van der Waals surface area contributed by atoms with E-state index in [0.29, 0.717) is 17.7 Å². The van der Waals surface area contributed by atoms with Gasteiger partial charge in [0.05, 0.1) is 0 Å². The summed E-state index contributed by atoms with van der Waals surface area (Å²) < 4.78 is 13.2. The van der Waals surface area contributed by atoms with Gasteiger partial charge in [0, 0.05) is 17.9 Å². The fourth-order valence-electron chi connectivity index (χ4n) is 2.13. The van der Waals surface area contributed by atoms with Crippen molar-refractivity contribution >= 4 is 11.6 Å². The first-order chi connectivity index (χ1) is 10.1. The highest BCUT2D eigenvalue weighted by Gasteiger charge is 2.10. The lowest BCUT2D eigenvalue weighted by molar-refractivity contribution is 0.102. The van der Waals surface area contributed by atoms with Crippen LogP contribution in [0.3, 0.4) is 0 Å². The van der Waals surface area contributed by atoms with Crippen molar-refractivity contribution in [3.63, 3.8) is 0 Å². The van der Waals surface area contributed by atoms with Gasteiger partial charge in [-0.2, -0.15) is 0 Å². The summed E-state index contributed by atoms with van der Waals surface area (Å²) in [4.78, 5) is 12.2. The second-order valence-electron chi connectivity index (χ2n) is 4.94. The third kappa shape index (κ3) is 4.13. The molecule has 2 N–H and O–H groups in total. The molecule has 0 radical (unpaired) electrons. The average molecular weight is 287 g/mol. The van der Waals surface area contributed by atoms with Crippen LogP contribution in [0.15, 0.2) is 42.5 Å². The van der Waals surface area contributed by atoms with Crippen molar-refractivity contribution in [1.82, 2.24) is 0 Å². The molecule has 2 aromatic carbocycles. The minimum absolute atomic E-state index is 0.138. The predicted molar refractivity (Wildman–Crippen MR) is 80.9 cm³/mol. The van der Waals surface area contributed by atoms with E-state index in [9.17, 15) is 9.18 Å². The molecule has 0 saturated carbocycles. The SMILES string of the molecule is Cc1ccc(F)cc1C(=O)Nc1cccc(CCCO)c1. The normalized spacial score (nSPS) is 10.4. The number of nitrogens with one attached hydrogen (secondary N) is 1. The molecule has 0 aliphatic heterocycles. The van der Waals surface area contributed by atoms with Gasteiger partial charge in [0.25, 0.3) is 5.91 Å². The molecule has 0 aliphatic rings. The van der Waals surface area contributed by atoms with Gasteiger partial charge < -0.3 is 10.4 Å². The molecule has 0 aromatic heterocycles. The molecule has 0 atom stereocenters. The minimum atomic E-state index is -0.428.